The summed E-state index contributed by atoms with van der Waals surface area (Å²) in [4.78, 5) is 44.7. The van der Waals surface area contributed by atoms with Crippen LogP contribution < -0.4 is 10.6 Å². The quantitative estimate of drug-likeness (QED) is 0.476. The standard InChI is InChI=1S/C12H16N2O6/c1-7(11(17)19-3)13-9(15)5-6-10(16)14-8(2)12(18)20-4/h1-2,5-6H2,3-4H3,(H,13,15)(H,14,16). The summed E-state index contributed by atoms with van der Waals surface area (Å²) in [7, 11) is 2.29. The third-order valence-electron chi connectivity index (χ3n) is 2.02. The molecule has 0 aromatic heterocycles. The van der Waals surface area contributed by atoms with Crippen LogP contribution in [0.1, 0.15) is 12.8 Å². The number of hydrogen-bond donors (Lipinski definition) is 2. The van der Waals surface area contributed by atoms with E-state index in [9.17, 15) is 19.2 Å². The monoisotopic (exact) mass is 284 g/mol. The van der Waals surface area contributed by atoms with Crippen molar-refractivity contribution in [3.05, 3.63) is 24.6 Å². The first-order chi connectivity index (χ1) is 9.31. The molecule has 0 radical (unpaired) electrons. The van der Waals surface area contributed by atoms with E-state index >= 15 is 0 Å². The second kappa shape index (κ2) is 8.46. The van der Waals surface area contributed by atoms with Gasteiger partial charge in [-0.05, 0) is 0 Å². The van der Waals surface area contributed by atoms with Crippen molar-refractivity contribution in [2.24, 2.45) is 0 Å². The van der Waals surface area contributed by atoms with Gasteiger partial charge in [0.2, 0.25) is 11.8 Å². The highest BCUT2D eigenvalue weighted by Gasteiger charge is 2.14. The smallest absolute Gasteiger partial charge is 0.353 e. The summed E-state index contributed by atoms with van der Waals surface area (Å²) in [6.45, 7) is 6.59. The molecule has 2 amide bonds. The fraction of sp³-hybridized carbons (Fsp3) is 0.333. The molecule has 0 fully saturated rings. The summed E-state index contributed by atoms with van der Waals surface area (Å²) >= 11 is 0. The summed E-state index contributed by atoms with van der Waals surface area (Å²) in [5, 5.41) is 4.34. The highest BCUT2D eigenvalue weighted by Crippen LogP contribution is 1.96. The van der Waals surface area contributed by atoms with Crippen LogP contribution in [-0.2, 0) is 28.7 Å². The Labute approximate surface area is 115 Å². The number of esters is 2. The molecule has 0 bridgehead atoms. The molecule has 0 atom stereocenters. The molecule has 0 aromatic carbocycles. The predicted molar refractivity (Wildman–Crippen MR) is 67.8 cm³/mol. The van der Waals surface area contributed by atoms with E-state index in [1.807, 2.05) is 0 Å². The van der Waals surface area contributed by atoms with Crippen LogP contribution in [0.5, 0.6) is 0 Å². The Balaban J connectivity index is 4.10. The first kappa shape index (κ1) is 17.4. The maximum Gasteiger partial charge on any atom is 0.353 e. The number of rotatable bonds is 7. The van der Waals surface area contributed by atoms with Crippen LogP contribution >= 0.6 is 0 Å². The highest BCUT2D eigenvalue weighted by atomic mass is 16.5. The van der Waals surface area contributed by atoms with Crippen LogP contribution in [0, 0.1) is 0 Å². The molecule has 0 unspecified atom stereocenters. The van der Waals surface area contributed by atoms with Crippen molar-refractivity contribution in [3.63, 3.8) is 0 Å². The molecule has 0 aliphatic rings. The molecule has 2 N–H and O–H groups in total. The summed E-state index contributed by atoms with van der Waals surface area (Å²) < 4.78 is 8.67. The maximum absolute atomic E-state index is 11.4. The van der Waals surface area contributed by atoms with Gasteiger partial charge in [0.1, 0.15) is 11.4 Å². The van der Waals surface area contributed by atoms with Crippen molar-refractivity contribution in [2.45, 2.75) is 12.8 Å². The van der Waals surface area contributed by atoms with Gasteiger partial charge in [0.05, 0.1) is 14.2 Å². The third-order valence-corrected chi connectivity index (χ3v) is 2.02. The van der Waals surface area contributed by atoms with Crippen LogP contribution in [0.2, 0.25) is 0 Å². The number of nitrogens with one attached hydrogen (secondary N) is 2. The van der Waals surface area contributed by atoms with E-state index in [-0.39, 0.29) is 24.2 Å². The van der Waals surface area contributed by atoms with Gasteiger partial charge in [0.25, 0.3) is 0 Å². The van der Waals surface area contributed by atoms with Crippen LogP contribution in [0.15, 0.2) is 24.6 Å². The molecule has 8 nitrogen and oxygen atoms in total. The van der Waals surface area contributed by atoms with E-state index in [0.717, 1.165) is 14.2 Å². The number of ether oxygens (including phenoxy) is 2. The fourth-order valence-corrected chi connectivity index (χ4v) is 1.04. The van der Waals surface area contributed by atoms with Gasteiger partial charge >= 0.3 is 11.9 Å². The number of hydrogen-bond acceptors (Lipinski definition) is 6. The summed E-state index contributed by atoms with van der Waals surface area (Å²) in [5.41, 5.74) is -0.450. The van der Waals surface area contributed by atoms with Gasteiger partial charge < -0.3 is 20.1 Å². The van der Waals surface area contributed by atoms with Crippen LogP contribution in [0.25, 0.3) is 0 Å². The molecule has 0 aromatic rings. The zero-order chi connectivity index (χ0) is 15.7. The second-order valence-electron chi connectivity index (χ2n) is 3.54. The Bertz CT molecular complexity index is 413. The topological polar surface area (TPSA) is 111 Å². The average molecular weight is 284 g/mol. The van der Waals surface area contributed by atoms with Gasteiger partial charge in [-0.15, -0.1) is 0 Å². The summed E-state index contributed by atoms with van der Waals surface area (Å²) in [6.07, 6.45) is -0.396. The van der Waals surface area contributed by atoms with Crippen LogP contribution in [0.3, 0.4) is 0 Å². The minimum absolute atomic E-state index is 0.198. The van der Waals surface area contributed by atoms with Gasteiger partial charge in [0.15, 0.2) is 0 Å². The first-order valence-corrected chi connectivity index (χ1v) is 5.46. The lowest BCUT2D eigenvalue weighted by atomic mass is 10.2. The Morgan fingerprint density at radius 3 is 1.35 bits per heavy atom. The van der Waals surface area contributed by atoms with Crippen molar-refractivity contribution < 1.29 is 28.7 Å². The molecule has 0 saturated heterocycles. The zero-order valence-electron chi connectivity index (χ0n) is 11.3. The molecule has 0 aliphatic carbocycles. The first-order valence-electron chi connectivity index (χ1n) is 5.46. The summed E-state index contributed by atoms with van der Waals surface area (Å²) in [6, 6.07) is 0. The molecule has 0 rings (SSSR count). The normalized spacial score (nSPS) is 9.10. The van der Waals surface area contributed by atoms with Gasteiger partial charge in [-0.2, -0.15) is 0 Å². The molecule has 0 spiro atoms. The average Bonchev–Trinajstić information content (AvgIpc) is 2.42. The van der Waals surface area contributed by atoms with E-state index in [1.165, 1.54) is 0 Å². The van der Waals surface area contributed by atoms with Gasteiger partial charge in [-0.25, -0.2) is 9.59 Å². The van der Waals surface area contributed by atoms with Crippen molar-refractivity contribution in [2.75, 3.05) is 14.2 Å². The molecule has 0 saturated carbocycles. The molecule has 0 heterocycles. The largest absolute Gasteiger partial charge is 0.464 e. The Morgan fingerprint density at radius 1 is 0.800 bits per heavy atom. The van der Waals surface area contributed by atoms with E-state index in [1.54, 1.807) is 0 Å². The van der Waals surface area contributed by atoms with E-state index < -0.39 is 23.8 Å². The third kappa shape index (κ3) is 6.34. The highest BCUT2D eigenvalue weighted by molar-refractivity contribution is 5.96. The minimum atomic E-state index is -0.776. The van der Waals surface area contributed by atoms with E-state index in [4.69, 9.17) is 0 Å². The number of methoxy groups -OCH3 is 2. The lowest BCUT2D eigenvalue weighted by Gasteiger charge is -2.07. The van der Waals surface area contributed by atoms with Crippen molar-refractivity contribution in [3.8, 4) is 0 Å². The van der Waals surface area contributed by atoms with Gasteiger partial charge in [0, 0.05) is 12.8 Å². The lowest BCUT2D eigenvalue weighted by molar-refractivity contribution is -0.138. The van der Waals surface area contributed by atoms with E-state index in [0.29, 0.717) is 0 Å². The van der Waals surface area contributed by atoms with Crippen LogP contribution in [0.4, 0.5) is 0 Å². The molecular weight excluding hydrogens is 268 g/mol. The van der Waals surface area contributed by atoms with Crippen LogP contribution in [-0.4, -0.2) is 38.0 Å². The molecule has 110 valence electrons. The number of carbonyl (C=O) groups is 4. The van der Waals surface area contributed by atoms with Crippen molar-refractivity contribution in [1.29, 1.82) is 0 Å². The molecule has 0 aliphatic heterocycles. The number of carbonyl (C=O) groups excluding carboxylic acids is 4. The molecular formula is C12H16N2O6. The fourth-order valence-electron chi connectivity index (χ4n) is 1.04. The zero-order valence-corrected chi connectivity index (χ0v) is 11.3. The van der Waals surface area contributed by atoms with Gasteiger partial charge in [-0.1, -0.05) is 13.2 Å². The molecule has 8 heteroatoms. The maximum atomic E-state index is 11.4. The van der Waals surface area contributed by atoms with Crippen molar-refractivity contribution >= 4 is 23.8 Å². The Kier molecular flexibility index (Phi) is 7.34. The number of amides is 2. The second-order valence-corrected chi connectivity index (χ2v) is 3.54. The van der Waals surface area contributed by atoms with Gasteiger partial charge in [-0.3, -0.25) is 9.59 Å². The minimum Gasteiger partial charge on any atom is -0.464 e. The SMILES string of the molecule is C=C(NC(=O)CCC(=O)NC(=C)C(=O)OC)C(=O)OC. The Hall–Kier alpha value is -2.64. The van der Waals surface area contributed by atoms with E-state index in [2.05, 4.69) is 33.3 Å². The predicted octanol–water partition coefficient (Wildman–Crippen LogP) is -0.628. The van der Waals surface area contributed by atoms with Crippen molar-refractivity contribution in [1.82, 2.24) is 10.6 Å². The molecule has 20 heavy (non-hydrogen) atoms. The lowest BCUT2D eigenvalue weighted by Crippen LogP contribution is -2.31. The Morgan fingerprint density at radius 2 is 1.10 bits per heavy atom. The summed E-state index contributed by atoms with van der Waals surface area (Å²) in [5.74, 6) is -2.72.